The standard InChI is InChI=1S/C94H112N6/c1-52(2)65-32-26-33-66(53(3)4)89(65)95-50-97(91-69(56(9)10)36-28-37-70(91)57(11)12)85-46-79-77(44-83(85)95)78-45-84-86(98(92-71(58(13)14)38-29-39-72(92)59(15)16)51-96(84)90-67(54(5)6)34-27-35-68(90)55(7)8)47-80(78)82-49-88-87(48-81(79)82)99(93-73(60(17)18)40-30-41-74(93)61(19)20)64(25)100(88)94-75(62(21)22)42-31-43-76(94)63(23)24/h26-49,52-64H,1-25H3. The highest BCUT2D eigenvalue weighted by Crippen LogP contribution is 2.57. The molecule has 0 N–H and O–H groups in total. The molecule has 0 unspecified atom stereocenters. The molecule has 0 amide bonds. The minimum Gasteiger partial charge on any atom is -0.318 e. The van der Waals surface area contributed by atoms with Gasteiger partial charge in [0.25, 0.3) is 12.7 Å². The van der Waals surface area contributed by atoms with Crippen LogP contribution in [0, 0.1) is 12.7 Å². The average molecular weight is 1330 g/mol. The molecule has 3 heterocycles. The summed E-state index contributed by atoms with van der Waals surface area (Å²) in [6.07, 6.45) is 8.48. The van der Waals surface area contributed by atoms with E-state index in [4.69, 9.17) is 0 Å². The van der Waals surface area contributed by atoms with Crippen molar-refractivity contribution in [3.05, 3.63) is 225 Å². The molecule has 0 atom stereocenters. The summed E-state index contributed by atoms with van der Waals surface area (Å²) in [5.74, 6) is 3.17. The van der Waals surface area contributed by atoms with Crippen molar-refractivity contribution in [2.45, 2.75) is 250 Å². The fourth-order valence-electron chi connectivity index (χ4n) is 17.1. The normalized spacial score (nSPS) is 14.0. The Hall–Kier alpha value is -8.48. The van der Waals surface area contributed by atoms with Crippen LogP contribution < -0.4 is 18.9 Å². The maximum absolute atomic E-state index is 4.29. The van der Waals surface area contributed by atoms with E-state index in [1.807, 2.05) is 0 Å². The topological polar surface area (TPSA) is 24.1 Å². The molecule has 10 aromatic carbocycles. The minimum absolute atomic E-state index is 0.0922. The van der Waals surface area contributed by atoms with E-state index >= 15 is 0 Å². The van der Waals surface area contributed by atoms with Crippen molar-refractivity contribution in [1.29, 1.82) is 0 Å². The average Bonchev–Trinajstić information content (AvgIpc) is 1.45. The van der Waals surface area contributed by atoms with Crippen molar-refractivity contribution in [2.75, 3.05) is 9.80 Å². The number of benzene rings is 10. The molecule has 0 saturated carbocycles. The first-order chi connectivity index (χ1) is 47.5. The predicted molar refractivity (Wildman–Crippen MR) is 429 cm³/mol. The van der Waals surface area contributed by atoms with E-state index in [0.29, 0.717) is 0 Å². The Morgan fingerprint density at radius 1 is 0.260 bits per heavy atom. The molecule has 0 fully saturated rings. The molecule has 518 valence electrons. The summed E-state index contributed by atoms with van der Waals surface area (Å²) in [6.45, 7) is 59.3. The van der Waals surface area contributed by atoms with Gasteiger partial charge in [-0.15, -0.1) is 0 Å². The van der Waals surface area contributed by atoms with E-state index in [1.54, 1.807) is 0 Å². The highest BCUT2D eigenvalue weighted by molar-refractivity contribution is 6.30. The van der Waals surface area contributed by atoms with Crippen LogP contribution in [0.5, 0.6) is 0 Å². The fourth-order valence-corrected chi connectivity index (χ4v) is 17.1. The first-order valence-corrected chi connectivity index (χ1v) is 38.2. The number of imidazole rings is 2. The van der Waals surface area contributed by atoms with Gasteiger partial charge in [-0.25, -0.2) is 0 Å². The second-order valence-electron chi connectivity index (χ2n) is 33.1. The first-order valence-electron chi connectivity index (χ1n) is 38.2. The summed E-state index contributed by atoms with van der Waals surface area (Å²) < 4.78 is 9.96. The van der Waals surface area contributed by atoms with E-state index in [0.717, 1.165) is 22.1 Å². The molecule has 13 rings (SSSR count). The SMILES string of the molecule is CC(C)c1cccc(C(C)C)c1N1c2cc3c(cc2N(c2c(C(C)C)cccc2C(C)C)C1C)c1cc2c(cc1c1cc4c(cc31)n(-c1c(C(C)C)cccc1C(C)C)[c-][n+]4-c1c(C(C)C)cccc1C(C)C)n(-c1c(C(C)C)cccc1C(C)C)[c-][n+]2-c1c(C(C)C)cccc1C(C)C. The molecular weight excluding hydrogens is 1210 g/mol. The van der Waals surface area contributed by atoms with Gasteiger partial charge in [0.15, 0.2) is 0 Å². The lowest BCUT2D eigenvalue weighted by Gasteiger charge is -2.36. The van der Waals surface area contributed by atoms with Gasteiger partial charge in [0, 0.05) is 0 Å². The van der Waals surface area contributed by atoms with Crippen LogP contribution in [0.15, 0.2) is 146 Å². The van der Waals surface area contributed by atoms with E-state index in [1.165, 1.54) is 145 Å². The number of anilines is 4. The van der Waals surface area contributed by atoms with Crippen LogP contribution in [-0.4, -0.2) is 15.3 Å². The maximum atomic E-state index is 4.29. The number of hydrogen-bond donors (Lipinski definition) is 0. The van der Waals surface area contributed by atoms with Crippen molar-refractivity contribution in [3.63, 3.8) is 0 Å². The van der Waals surface area contributed by atoms with Crippen LogP contribution in [-0.2, 0) is 0 Å². The molecular formula is C94H112N6. The predicted octanol–water partition coefficient (Wildman–Crippen LogP) is 26.3. The zero-order valence-electron chi connectivity index (χ0n) is 65.0. The molecule has 6 heteroatoms. The summed E-state index contributed by atoms with van der Waals surface area (Å²) in [4.78, 5) is 5.54. The highest BCUT2D eigenvalue weighted by atomic mass is 15.4. The van der Waals surface area contributed by atoms with Gasteiger partial charge < -0.3 is 9.80 Å². The van der Waals surface area contributed by atoms with Crippen LogP contribution in [0.4, 0.5) is 22.7 Å². The number of hydrogen-bond acceptors (Lipinski definition) is 2. The van der Waals surface area contributed by atoms with Crippen molar-refractivity contribution < 1.29 is 9.13 Å². The van der Waals surface area contributed by atoms with Gasteiger partial charge in [-0.2, -0.15) is 0 Å². The Balaban J connectivity index is 1.33. The number of para-hydroxylation sites is 6. The number of nitrogens with zero attached hydrogens (tertiary/aromatic N) is 6. The summed E-state index contributed by atoms with van der Waals surface area (Å²) in [7, 11) is 0. The van der Waals surface area contributed by atoms with E-state index in [2.05, 4.69) is 359 Å². The Labute approximate surface area is 599 Å². The zero-order chi connectivity index (χ0) is 71.7. The van der Waals surface area contributed by atoms with Crippen molar-refractivity contribution >= 4 is 77.1 Å². The first kappa shape index (κ1) is 70.0. The van der Waals surface area contributed by atoms with E-state index < -0.39 is 0 Å². The number of fused-ring (bicyclic) bond motifs is 9. The second kappa shape index (κ2) is 26.8. The molecule has 2 aromatic heterocycles. The summed E-state index contributed by atoms with van der Waals surface area (Å²) >= 11 is 0. The quantitative estimate of drug-likeness (QED) is 0.0486. The van der Waals surface area contributed by atoms with Crippen LogP contribution in [0.1, 0.15) is 311 Å². The summed E-state index contributed by atoms with van der Waals surface area (Å²) in [6, 6.07) is 57.9. The smallest absolute Gasteiger partial charge is 0.269 e. The lowest BCUT2D eigenvalue weighted by Crippen LogP contribution is -2.37. The van der Waals surface area contributed by atoms with Gasteiger partial charge in [0.05, 0.1) is 67.6 Å². The van der Waals surface area contributed by atoms with Gasteiger partial charge >= 0.3 is 0 Å². The number of aromatic nitrogens is 4. The lowest BCUT2D eigenvalue weighted by atomic mass is 9.90. The number of rotatable bonds is 18. The van der Waals surface area contributed by atoms with Gasteiger partial charge in [-0.05, 0) is 213 Å². The third-order valence-electron chi connectivity index (χ3n) is 22.3. The van der Waals surface area contributed by atoms with Crippen molar-refractivity contribution in [3.8, 4) is 22.7 Å². The maximum Gasteiger partial charge on any atom is 0.269 e. The van der Waals surface area contributed by atoms with Gasteiger partial charge in [-0.3, -0.25) is 18.3 Å². The second-order valence-corrected chi connectivity index (χ2v) is 33.1. The Kier molecular flexibility index (Phi) is 18.8. The van der Waals surface area contributed by atoms with Crippen molar-refractivity contribution in [1.82, 2.24) is 9.13 Å². The van der Waals surface area contributed by atoms with Gasteiger partial charge in [0.1, 0.15) is 6.17 Å². The molecule has 100 heavy (non-hydrogen) atoms. The monoisotopic (exact) mass is 1320 g/mol. The molecule has 0 bridgehead atoms. The van der Waals surface area contributed by atoms with Crippen LogP contribution in [0.25, 0.3) is 77.1 Å². The molecule has 1 aliphatic rings. The third kappa shape index (κ3) is 11.4. The zero-order valence-corrected chi connectivity index (χ0v) is 65.0. The van der Waals surface area contributed by atoms with Gasteiger partial charge in [-0.1, -0.05) is 275 Å². The third-order valence-corrected chi connectivity index (χ3v) is 22.3. The Morgan fingerprint density at radius 2 is 0.460 bits per heavy atom. The Morgan fingerprint density at radius 3 is 0.690 bits per heavy atom. The largest absolute Gasteiger partial charge is 0.318 e. The lowest BCUT2D eigenvalue weighted by molar-refractivity contribution is -0.574. The summed E-state index contributed by atoms with van der Waals surface area (Å²) in [5.41, 5.74) is 30.6. The van der Waals surface area contributed by atoms with E-state index in [-0.39, 0.29) is 77.2 Å². The minimum atomic E-state index is -0.0922. The molecule has 6 nitrogen and oxygen atoms in total. The summed E-state index contributed by atoms with van der Waals surface area (Å²) in [5, 5.41) is 7.33. The van der Waals surface area contributed by atoms with Gasteiger partial charge in [0.2, 0.25) is 0 Å². The fraction of sp³-hybridized carbons (Fsp3) is 0.404. The van der Waals surface area contributed by atoms with E-state index in [9.17, 15) is 0 Å². The van der Waals surface area contributed by atoms with Crippen LogP contribution in [0.3, 0.4) is 0 Å². The molecule has 0 aliphatic carbocycles. The molecule has 0 spiro atoms. The molecule has 0 radical (unpaired) electrons. The van der Waals surface area contributed by atoms with Crippen LogP contribution >= 0.6 is 0 Å². The molecule has 0 saturated heterocycles. The highest BCUT2D eigenvalue weighted by Gasteiger charge is 2.41. The Bertz CT molecular complexity index is 4670. The molecule has 1 aliphatic heterocycles. The van der Waals surface area contributed by atoms with Crippen molar-refractivity contribution in [2.24, 2.45) is 0 Å². The molecule has 12 aromatic rings. The van der Waals surface area contributed by atoms with Crippen LogP contribution in [0.2, 0.25) is 0 Å².